The standard InChI is InChI=1S/C15H24N2/c1-3-4-5-10-17(2)12-13-6-7-14-8-9-16-15(14)11-13/h6-7,11,16H,3-5,8-10,12H2,1-2H3. The van der Waals surface area contributed by atoms with Crippen LogP contribution >= 0.6 is 0 Å². The van der Waals surface area contributed by atoms with E-state index in [-0.39, 0.29) is 0 Å². The number of fused-ring (bicyclic) bond motifs is 1. The fourth-order valence-corrected chi connectivity index (χ4v) is 2.46. The molecule has 0 spiro atoms. The smallest absolute Gasteiger partial charge is 0.0376 e. The van der Waals surface area contributed by atoms with Gasteiger partial charge in [-0.2, -0.15) is 0 Å². The van der Waals surface area contributed by atoms with Crippen LogP contribution in [-0.2, 0) is 13.0 Å². The predicted octanol–water partition coefficient (Wildman–Crippen LogP) is 3.28. The van der Waals surface area contributed by atoms with Crippen LogP contribution in [0.15, 0.2) is 18.2 Å². The van der Waals surface area contributed by atoms with Crippen LogP contribution in [0, 0.1) is 0 Å². The van der Waals surface area contributed by atoms with Gasteiger partial charge in [0.1, 0.15) is 0 Å². The van der Waals surface area contributed by atoms with E-state index in [1.54, 1.807) is 0 Å². The van der Waals surface area contributed by atoms with E-state index in [1.807, 2.05) is 0 Å². The molecule has 1 aromatic carbocycles. The van der Waals surface area contributed by atoms with Gasteiger partial charge in [0.25, 0.3) is 0 Å². The van der Waals surface area contributed by atoms with Crippen molar-refractivity contribution in [1.29, 1.82) is 0 Å². The van der Waals surface area contributed by atoms with E-state index in [1.165, 1.54) is 49.0 Å². The third-order valence-corrected chi connectivity index (χ3v) is 3.48. The van der Waals surface area contributed by atoms with E-state index < -0.39 is 0 Å². The fraction of sp³-hybridized carbons (Fsp3) is 0.600. The summed E-state index contributed by atoms with van der Waals surface area (Å²) < 4.78 is 0. The van der Waals surface area contributed by atoms with Crippen molar-refractivity contribution < 1.29 is 0 Å². The van der Waals surface area contributed by atoms with Gasteiger partial charge in [-0.15, -0.1) is 0 Å². The van der Waals surface area contributed by atoms with Crippen LogP contribution in [0.2, 0.25) is 0 Å². The Morgan fingerprint density at radius 3 is 3.00 bits per heavy atom. The van der Waals surface area contributed by atoms with Crippen molar-refractivity contribution in [2.75, 3.05) is 25.5 Å². The van der Waals surface area contributed by atoms with Crippen molar-refractivity contribution in [3.63, 3.8) is 0 Å². The zero-order valence-corrected chi connectivity index (χ0v) is 11.1. The van der Waals surface area contributed by atoms with E-state index in [0.29, 0.717) is 0 Å². The van der Waals surface area contributed by atoms with Crippen LogP contribution in [0.1, 0.15) is 37.3 Å². The number of rotatable bonds is 6. The van der Waals surface area contributed by atoms with Gasteiger partial charge in [-0.25, -0.2) is 0 Å². The maximum atomic E-state index is 3.45. The van der Waals surface area contributed by atoms with Gasteiger partial charge in [0.05, 0.1) is 0 Å². The molecule has 0 aromatic heterocycles. The molecule has 0 aliphatic carbocycles. The summed E-state index contributed by atoms with van der Waals surface area (Å²) in [6.45, 7) is 5.63. The first-order valence-electron chi connectivity index (χ1n) is 6.84. The molecule has 1 aromatic rings. The van der Waals surface area contributed by atoms with E-state index >= 15 is 0 Å². The van der Waals surface area contributed by atoms with Gasteiger partial charge in [-0.3, -0.25) is 0 Å². The van der Waals surface area contributed by atoms with Crippen molar-refractivity contribution in [2.24, 2.45) is 0 Å². The number of anilines is 1. The molecular formula is C15H24N2. The summed E-state index contributed by atoms with van der Waals surface area (Å²) in [7, 11) is 2.22. The highest BCUT2D eigenvalue weighted by Crippen LogP contribution is 2.23. The van der Waals surface area contributed by atoms with Crippen molar-refractivity contribution in [1.82, 2.24) is 4.90 Å². The third-order valence-electron chi connectivity index (χ3n) is 3.48. The summed E-state index contributed by atoms with van der Waals surface area (Å²) in [5, 5.41) is 3.45. The molecule has 1 aliphatic heterocycles. The first kappa shape index (κ1) is 12.4. The van der Waals surface area contributed by atoms with E-state index in [2.05, 4.69) is 42.4 Å². The van der Waals surface area contributed by atoms with Crippen LogP contribution in [0.3, 0.4) is 0 Å². The monoisotopic (exact) mass is 232 g/mol. The SMILES string of the molecule is CCCCCN(C)Cc1ccc2c(c1)NCC2. The molecule has 0 fully saturated rings. The summed E-state index contributed by atoms with van der Waals surface area (Å²) >= 11 is 0. The Bertz CT molecular complexity index is 360. The highest BCUT2D eigenvalue weighted by atomic mass is 15.1. The van der Waals surface area contributed by atoms with Crippen LogP contribution in [0.4, 0.5) is 5.69 Å². The molecule has 0 radical (unpaired) electrons. The molecule has 0 bridgehead atoms. The normalized spacial score (nSPS) is 13.8. The quantitative estimate of drug-likeness (QED) is 0.757. The van der Waals surface area contributed by atoms with E-state index in [0.717, 1.165) is 13.1 Å². The molecule has 0 amide bonds. The number of nitrogens with one attached hydrogen (secondary N) is 1. The second kappa shape index (κ2) is 6.06. The van der Waals surface area contributed by atoms with Gasteiger partial charge in [-0.05, 0) is 43.6 Å². The Morgan fingerprint density at radius 2 is 2.18 bits per heavy atom. The Morgan fingerprint density at radius 1 is 1.29 bits per heavy atom. The molecule has 17 heavy (non-hydrogen) atoms. The Hall–Kier alpha value is -1.02. The molecule has 94 valence electrons. The maximum absolute atomic E-state index is 3.45. The van der Waals surface area contributed by atoms with Crippen molar-refractivity contribution >= 4 is 5.69 Å². The minimum absolute atomic E-state index is 1.07. The number of nitrogens with zero attached hydrogens (tertiary/aromatic N) is 1. The number of hydrogen-bond acceptors (Lipinski definition) is 2. The maximum Gasteiger partial charge on any atom is 0.0376 e. The molecule has 1 aliphatic rings. The summed E-state index contributed by atoms with van der Waals surface area (Å²) in [5.74, 6) is 0. The Labute approximate surface area is 105 Å². The average Bonchev–Trinajstić information content (AvgIpc) is 2.76. The fourth-order valence-electron chi connectivity index (χ4n) is 2.46. The summed E-state index contributed by atoms with van der Waals surface area (Å²) in [5.41, 5.74) is 4.25. The van der Waals surface area contributed by atoms with Gasteiger partial charge in [0.2, 0.25) is 0 Å². The lowest BCUT2D eigenvalue weighted by Gasteiger charge is -2.17. The summed E-state index contributed by atoms with van der Waals surface area (Å²) in [6.07, 6.45) is 5.14. The zero-order chi connectivity index (χ0) is 12.1. The van der Waals surface area contributed by atoms with Gasteiger partial charge in [0.15, 0.2) is 0 Å². The van der Waals surface area contributed by atoms with E-state index in [9.17, 15) is 0 Å². The molecule has 0 unspecified atom stereocenters. The predicted molar refractivity (Wildman–Crippen MR) is 74.5 cm³/mol. The van der Waals surface area contributed by atoms with Gasteiger partial charge >= 0.3 is 0 Å². The van der Waals surface area contributed by atoms with Gasteiger partial charge in [-0.1, -0.05) is 31.9 Å². The van der Waals surface area contributed by atoms with Gasteiger partial charge < -0.3 is 10.2 Å². The molecular weight excluding hydrogens is 208 g/mol. The molecule has 2 rings (SSSR count). The lowest BCUT2D eigenvalue weighted by molar-refractivity contribution is 0.318. The largest absolute Gasteiger partial charge is 0.384 e. The van der Waals surface area contributed by atoms with Crippen LogP contribution in [0.5, 0.6) is 0 Å². The molecule has 2 heteroatoms. The second-order valence-electron chi connectivity index (χ2n) is 5.11. The molecule has 0 saturated carbocycles. The number of benzene rings is 1. The lowest BCUT2D eigenvalue weighted by atomic mass is 10.1. The topological polar surface area (TPSA) is 15.3 Å². The number of hydrogen-bond donors (Lipinski definition) is 1. The van der Waals surface area contributed by atoms with Gasteiger partial charge in [0, 0.05) is 18.8 Å². The van der Waals surface area contributed by atoms with Crippen LogP contribution in [0.25, 0.3) is 0 Å². The minimum Gasteiger partial charge on any atom is -0.384 e. The lowest BCUT2D eigenvalue weighted by Crippen LogP contribution is -2.19. The highest BCUT2D eigenvalue weighted by molar-refractivity contribution is 5.56. The van der Waals surface area contributed by atoms with Crippen molar-refractivity contribution in [3.05, 3.63) is 29.3 Å². The second-order valence-corrected chi connectivity index (χ2v) is 5.11. The van der Waals surface area contributed by atoms with Crippen LogP contribution < -0.4 is 5.32 Å². The summed E-state index contributed by atoms with van der Waals surface area (Å²) in [4.78, 5) is 2.42. The Kier molecular flexibility index (Phi) is 4.43. The van der Waals surface area contributed by atoms with Crippen LogP contribution in [-0.4, -0.2) is 25.0 Å². The van der Waals surface area contributed by atoms with Crippen molar-refractivity contribution in [3.8, 4) is 0 Å². The van der Waals surface area contributed by atoms with E-state index in [4.69, 9.17) is 0 Å². The summed E-state index contributed by atoms with van der Waals surface area (Å²) in [6, 6.07) is 6.88. The first-order valence-corrected chi connectivity index (χ1v) is 6.84. The first-order chi connectivity index (χ1) is 8.29. The molecule has 1 heterocycles. The zero-order valence-electron chi connectivity index (χ0n) is 11.1. The molecule has 2 nitrogen and oxygen atoms in total. The molecule has 0 atom stereocenters. The molecule has 0 saturated heterocycles. The van der Waals surface area contributed by atoms with Crippen molar-refractivity contribution in [2.45, 2.75) is 39.2 Å². The number of unbranched alkanes of at least 4 members (excludes halogenated alkanes) is 2. The third kappa shape index (κ3) is 3.47. The minimum atomic E-state index is 1.07. The Balaban J connectivity index is 1.86. The highest BCUT2D eigenvalue weighted by Gasteiger charge is 2.10. The average molecular weight is 232 g/mol. The molecule has 1 N–H and O–H groups in total.